The predicted octanol–water partition coefficient (Wildman–Crippen LogP) is 37.6. The molecule has 0 radical (unpaired) electrons. The molecule has 0 spiro atoms. The van der Waals surface area contributed by atoms with Gasteiger partial charge in [0.2, 0.25) is 0 Å². The molecule has 7 heteroatoms. The number of ether oxygens (including phenoxy) is 6. The van der Waals surface area contributed by atoms with Crippen LogP contribution in [0.2, 0.25) is 0 Å². The van der Waals surface area contributed by atoms with Crippen molar-refractivity contribution in [3.05, 3.63) is 0 Å². The highest BCUT2D eigenvalue weighted by Gasteiger charge is 3.05. The fourth-order valence-electron chi connectivity index (χ4n) is 42.0. The fourth-order valence-corrected chi connectivity index (χ4v) is 42.0. The maximum atomic E-state index is 6.18. The second-order valence-electron chi connectivity index (χ2n) is 64.9. The lowest BCUT2D eigenvalue weighted by Crippen LogP contribution is -3.07. The van der Waals surface area contributed by atoms with Gasteiger partial charge in [-0.1, -0.05) is 245 Å². The summed E-state index contributed by atoms with van der Waals surface area (Å²) in [6.07, 6.45) is 85.8. The molecule has 8 atom stereocenters. The van der Waals surface area contributed by atoms with Crippen LogP contribution in [0.15, 0.2) is 0 Å². The molecule has 0 aromatic carbocycles. The molecule has 7 nitrogen and oxygen atoms in total. The van der Waals surface area contributed by atoms with E-state index in [1.807, 2.05) is 0 Å². The Morgan fingerprint density at radius 3 is 0.972 bits per heavy atom. The van der Waals surface area contributed by atoms with Gasteiger partial charge < -0.3 is 33.3 Å². The highest BCUT2D eigenvalue weighted by molar-refractivity contribution is 5.51. The molecule has 142 heavy (non-hydrogen) atoms. The monoisotopic (exact) mass is 1970 g/mol. The van der Waals surface area contributed by atoms with Crippen LogP contribution in [0.4, 0.5) is 0 Å². The number of piperidine rings is 3. The molecule has 37 aliphatic rings. The zero-order valence-corrected chi connectivity index (χ0v) is 99.5. The summed E-state index contributed by atoms with van der Waals surface area (Å²) in [4.78, 5) is 2.62. The lowest BCUT2D eigenvalue weighted by molar-refractivity contribution is -0.634. The van der Waals surface area contributed by atoms with E-state index in [0.717, 1.165) is 136 Å². The van der Waals surface area contributed by atoms with Crippen molar-refractivity contribution in [3.8, 4) is 0 Å². The van der Waals surface area contributed by atoms with Crippen LogP contribution in [0.25, 0.3) is 0 Å². The van der Waals surface area contributed by atoms with Gasteiger partial charge in [0, 0.05) is 19.3 Å². The maximum absolute atomic E-state index is 6.18. The molecule has 0 aromatic heterocycles. The van der Waals surface area contributed by atoms with Gasteiger partial charge >= 0.3 is 0 Å². The second kappa shape index (κ2) is 42.7. The van der Waals surface area contributed by atoms with Crippen molar-refractivity contribution in [3.63, 3.8) is 0 Å². The van der Waals surface area contributed by atoms with Crippen molar-refractivity contribution in [2.45, 2.75) is 619 Å². The smallest absolute Gasteiger partial charge is 0.0870 e. The van der Waals surface area contributed by atoms with Gasteiger partial charge in [-0.2, -0.15) is 0 Å². The summed E-state index contributed by atoms with van der Waals surface area (Å²) in [5, 5.41) is 0. The van der Waals surface area contributed by atoms with Crippen LogP contribution in [-0.4, -0.2) is 96.8 Å². The minimum absolute atomic E-state index is 0.128. The highest BCUT2D eigenvalue weighted by Crippen LogP contribution is 3.08. The van der Waals surface area contributed by atoms with Gasteiger partial charge in [-0.05, 0) is 516 Å². The van der Waals surface area contributed by atoms with E-state index < -0.39 is 0 Å². The molecule has 22 saturated carbocycles. The second-order valence-corrected chi connectivity index (χ2v) is 64.9. The van der Waals surface area contributed by atoms with Crippen molar-refractivity contribution >= 4 is 0 Å². The molecule has 15 saturated heterocycles. The number of hydrogen-bond acceptors (Lipinski definition) is 7. The summed E-state index contributed by atoms with van der Waals surface area (Å²) in [5.74, 6) is 24.2. The van der Waals surface area contributed by atoms with Crippen molar-refractivity contribution in [1.29, 1.82) is 0 Å². The summed E-state index contributed by atoms with van der Waals surface area (Å²) in [6, 6.07) is 0. The van der Waals surface area contributed by atoms with E-state index in [-0.39, 0.29) is 22.2 Å². The van der Waals surface area contributed by atoms with Gasteiger partial charge in [0.1, 0.15) is 0 Å². The standard InChI is InChI=1S/C13H22.C13H24.C12H16.C12H22.C11H21N.C11H18O2.C11H20O.2C11H20.3C10H18O/c1-9(2)13-6-10-3-11(7-13)5-12(4-10)8-13;1-12(2,3)13-8-4-6-11(10-13)7-5-9-13;1-11(2,3)12-8-5-4-6(8)10(12)7(4)9(5)12;1-10(2)12-7-3-4-11(5-8-12)6-9-12;1-10(2,3)11-4-7-12(8-5-11)9-6-11;1-10(2,3)11-5-7-4-8(13-11)9(6-11)12-7;1-9(2)11-7-3-5-10(12-11)6-4-8-11;1-9(2)11-6-3-10(4-7-11)5-8-11;1-9(2)11-6-3-4-10(8-11)5-7-11;1-8(2)10-5-3-9(4-6-10)11-7-10;1-8(2)10-5-3-9(4-6-10)7-11-10;1-8(2)10-6-3-4-9(11-10)5-7-10/h9-12H,3-8H2,1-2H3;11H,4-10H2,1-3H3;4-10H,1-3H3;10-11H,3-9H2,1-2H3;4-9H2,1-3H3;7-9H,4-6H2,1-3H3;9-10H,3-8H2,1-2H3;2*9-10H,3-8H2,1-2H3;3*8-9H,3-7H2,1-2H3. The predicted molar refractivity (Wildman–Crippen MR) is 598 cm³/mol. The van der Waals surface area contributed by atoms with Gasteiger partial charge in [-0.25, -0.2) is 0 Å². The average molecular weight is 1970 g/mol. The summed E-state index contributed by atoms with van der Waals surface area (Å²) in [5.41, 5.74) is 8.99. The fraction of sp³-hybridized carbons (Fsp3) is 1.00. The van der Waals surface area contributed by atoms with Crippen molar-refractivity contribution in [2.75, 3.05) is 32.8 Å². The van der Waals surface area contributed by atoms with Gasteiger partial charge in [-0.15, -0.1) is 0 Å². The summed E-state index contributed by atoms with van der Waals surface area (Å²) < 4.78 is 35.9. The molecule has 22 aliphatic carbocycles. The third kappa shape index (κ3) is 21.1. The minimum Gasteiger partial charge on any atom is -0.378 e. The number of rotatable bonds is 8. The van der Waals surface area contributed by atoms with Gasteiger partial charge in [-0.3, -0.25) is 0 Å². The third-order valence-corrected chi connectivity index (χ3v) is 53.1. The van der Waals surface area contributed by atoms with Gasteiger partial charge in [0.05, 0.1) is 72.2 Å². The van der Waals surface area contributed by atoms with Crippen LogP contribution in [0.5, 0.6) is 0 Å². The lowest BCUT2D eigenvalue weighted by Gasteiger charge is -3.09. The first-order chi connectivity index (χ1) is 67.0. The third-order valence-electron chi connectivity index (χ3n) is 53.1. The van der Waals surface area contributed by atoms with E-state index in [9.17, 15) is 0 Å². The Labute approximate surface area is 880 Å². The molecular weight excluding hydrogens is 1730 g/mol. The molecule has 15 heterocycles. The maximum Gasteiger partial charge on any atom is 0.0870 e. The quantitative estimate of drug-likeness (QED) is 0.240. The first-order valence-corrected chi connectivity index (χ1v) is 64.6. The molecule has 0 N–H and O–H groups in total. The minimum atomic E-state index is 0.128. The van der Waals surface area contributed by atoms with Crippen LogP contribution in [-0.2, 0) is 28.4 Å². The Kier molecular flexibility index (Phi) is 33.5. The Morgan fingerprint density at radius 1 is 0.246 bits per heavy atom. The van der Waals surface area contributed by atoms with E-state index >= 15 is 0 Å². The van der Waals surface area contributed by atoms with E-state index in [1.54, 1.807) is 44.9 Å². The Hall–Kier alpha value is -0.280. The van der Waals surface area contributed by atoms with E-state index in [1.165, 1.54) is 363 Å². The van der Waals surface area contributed by atoms with E-state index in [0.29, 0.717) is 92.5 Å². The molecule has 37 rings (SSSR count). The average Bonchev–Trinajstić information content (AvgIpc) is 0.602. The largest absolute Gasteiger partial charge is 0.378 e. The molecular formula is C135H237NO6. The molecule has 0 aromatic rings. The molecule has 818 valence electrons. The summed E-state index contributed by atoms with van der Waals surface area (Å²) >= 11 is 0. The van der Waals surface area contributed by atoms with Crippen molar-refractivity contribution in [2.24, 2.45) is 201 Å². The van der Waals surface area contributed by atoms with E-state index in [2.05, 4.69) is 199 Å². The first-order valence-electron chi connectivity index (χ1n) is 64.6. The first kappa shape index (κ1) is 111. The van der Waals surface area contributed by atoms with Gasteiger partial charge in [0.25, 0.3) is 0 Å². The Morgan fingerprint density at radius 2 is 0.620 bits per heavy atom. The SMILES string of the molecule is CC(C)(C)C12C3C4C5C3C1C5C42.CC(C)(C)C12CC3CC(O1)C(C2)O3.CC(C)(C)C12CCCC(CCC1)C2.CC(C)(C)C12CCN(CC1)CC2.CC(C)C12CC3CC(CC(C3)C1)C2.CC(C)C12CCC(CC1)CC2.CC(C)C12CCC(CC1)CO2.CC(C)C12CCC(CC1)OC2.CC(C)C12CCCC(CC1)C2.CC(C)C12CCCC(CC1)CC2.CC(C)C12CCCC(CC1)O2.CC(C)C12CCCC(CCC1)O2. The lowest BCUT2D eigenvalue weighted by atomic mass is 8.94. The summed E-state index contributed by atoms with van der Waals surface area (Å²) in [7, 11) is 0. The van der Waals surface area contributed by atoms with Gasteiger partial charge in [0.15, 0.2) is 0 Å². The van der Waals surface area contributed by atoms with Crippen LogP contribution in [0, 0.1) is 201 Å². The Balaban J connectivity index is 0.000000102. The van der Waals surface area contributed by atoms with Crippen molar-refractivity contribution in [1.82, 2.24) is 4.90 Å². The molecule has 26 bridgehead atoms. The Bertz CT molecular complexity index is 3590. The van der Waals surface area contributed by atoms with Crippen LogP contribution in [0.3, 0.4) is 0 Å². The van der Waals surface area contributed by atoms with Crippen LogP contribution >= 0.6 is 0 Å². The molecule has 8 unspecified atom stereocenters. The van der Waals surface area contributed by atoms with E-state index in [4.69, 9.17) is 28.4 Å². The molecule has 37 fully saturated rings. The zero-order valence-electron chi connectivity index (χ0n) is 99.5. The van der Waals surface area contributed by atoms with Crippen molar-refractivity contribution < 1.29 is 28.4 Å². The number of hydrogen-bond donors (Lipinski definition) is 0. The zero-order chi connectivity index (χ0) is 101. The molecule has 15 aliphatic heterocycles. The number of nitrogens with zero attached hydrogens (tertiary/aromatic N) is 1. The topological polar surface area (TPSA) is 58.6 Å². The normalized spacial score (nSPS) is 47.9. The summed E-state index contributed by atoms with van der Waals surface area (Å²) in [6.45, 7) is 73.2. The number of fused-ring (bicyclic) bond motifs is 24. The highest BCUT2D eigenvalue weighted by atomic mass is 16.6. The van der Waals surface area contributed by atoms with Crippen LogP contribution in [0.1, 0.15) is 560 Å². The molecule has 0 amide bonds. The van der Waals surface area contributed by atoms with Crippen LogP contribution < -0.4 is 0 Å².